The molecule has 0 aromatic carbocycles. The van der Waals surface area contributed by atoms with Gasteiger partial charge in [0.05, 0.1) is 10.4 Å². The number of rotatable bonds is 2. The Hall–Kier alpha value is -0.920. The molecule has 0 amide bonds. The standard InChI is InChI=1S/C22H27BrF2O4/c1-11-6-13-14-8-16(24)15-7-12(27)4-5-19(15,2)22(14,25)17(28)9-20(13,3)21(11,23)18(29)10-26/h4-5,7,11,13-14,16-17,26,28H,6,8-10H2,1-3H3/t11-,13+,14+,16-,17+,19+,20+,21+,22+/m1/s1. The molecular weight excluding hydrogens is 446 g/mol. The third-order valence-corrected chi connectivity index (χ3v) is 10.8. The second kappa shape index (κ2) is 6.30. The van der Waals surface area contributed by atoms with E-state index in [0.29, 0.717) is 6.42 Å². The van der Waals surface area contributed by atoms with E-state index in [1.54, 1.807) is 6.92 Å². The predicted molar refractivity (Wildman–Crippen MR) is 107 cm³/mol. The largest absolute Gasteiger partial charge is 0.390 e. The number of carbonyl (C=O) groups is 2. The van der Waals surface area contributed by atoms with Crippen molar-refractivity contribution in [3.8, 4) is 0 Å². The van der Waals surface area contributed by atoms with E-state index in [0.717, 1.165) is 0 Å². The lowest BCUT2D eigenvalue weighted by molar-refractivity contribution is -0.199. The van der Waals surface area contributed by atoms with Crippen LogP contribution in [0.4, 0.5) is 8.78 Å². The fourth-order valence-electron chi connectivity index (χ4n) is 7.22. The minimum Gasteiger partial charge on any atom is -0.390 e. The Kier molecular flexibility index (Phi) is 4.63. The average molecular weight is 473 g/mol. The van der Waals surface area contributed by atoms with Gasteiger partial charge in [0, 0.05) is 11.3 Å². The molecule has 0 bridgehead atoms. The molecule has 9 atom stereocenters. The van der Waals surface area contributed by atoms with Crippen molar-refractivity contribution < 1.29 is 28.6 Å². The van der Waals surface area contributed by atoms with Crippen LogP contribution >= 0.6 is 15.9 Å². The Balaban J connectivity index is 1.87. The highest BCUT2D eigenvalue weighted by Crippen LogP contribution is 2.72. The SMILES string of the molecule is C[C@@H]1C[C@H]2[C@@H]3C[C@@H](F)C4=CC(=O)C=C[C@]4(C)[C@@]3(F)[C@@H](O)C[C@]2(C)[C@@]1(Br)C(=O)CO. The second-order valence-corrected chi connectivity index (χ2v) is 11.0. The van der Waals surface area contributed by atoms with E-state index < -0.39 is 51.4 Å². The number of hydrogen-bond donors (Lipinski definition) is 2. The van der Waals surface area contributed by atoms with Gasteiger partial charge in [0.25, 0.3) is 0 Å². The molecule has 0 saturated heterocycles. The number of Topliss-reactive ketones (excluding diaryl/α,β-unsaturated/α-hetero) is 1. The Morgan fingerprint density at radius 2 is 1.97 bits per heavy atom. The van der Waals surface area contributed by atoms with Gasteiger partial charge in [0.1, 0.15) is 12.8 Å². The van der Waals surface area contributed by atoms with Crippen molar-refractivity contribution >= 4 is 27.5 Å². The zero-order chi connectivity index (χ0) is 21.6. The zero-order valence-corrected chi connectivity index (χ0v) is 18.4. The van der Waals surface area contributed by atoms with Gasteiger partial charge in [0.2, 0.25) is 0 Å². The van der Waals surface area contributed by atoms with Crippen LogP contribution in [0.1, 0.15) is 40.0 Å². The first-order chi connectivity index (χ1) is 13.4. The summed E-state index contributed by atoms with van der Waals surface area (Å²) in [6.45, 7) is 4.62. The highest BCUT2D eigenvalue weighted by molar-refractivity contribution is 9.10. The number of ketones is 2. The maximum atomic E-state index is 16.9. The highest BCUT2D eigenvalue weighted by Gasteiger charge is 2.76. The van der Waals surface area contributed by atoms with Crippen molar-refractivity contribution in [3.63, 3.8) is 0 Å². The maximum Gasteiger partial charge on any atom is 0.178 e. The fourth-order valence-corrected chi connectivity index (χ4v) is 7.99. The molecule has 2 N–H and O–H groups in total. The number of carbonyl (C=O) groups excluding carboxylic acids is 2. The van der Waals surface area contributed by atoms with E-state index >= 15 is 8.78 Å². The van der Waals surface area contributed by atoms with Crippen molar-refractivity contribution in [3.05, 3.63) is 23.8 Å². The van der Waals surface area contributed by atoms with Gasteiger partial charge in [-0.3, -0.25) is 9.59 Å². The number of fused-ring (bicyclic) bond motifs is 5. The topological polar surface area (TPSA) is 74.6 Å². The van der Waals surface area contributed by atoms with E-state index in [4.69, 9.17) is 0 Å². The van der Waals surface area contributed by atoms with Crippen molar-refractivity contribution in [2.75, 3.05) is 6.61 Å². The molecule has 0 aliphatic heterocycles. The lowest BCUT2D eigenvalue weighted by Gasteiger charge is -2.63. The van der Waals surface area contributed by atoms with E-state index in [1.165, 1.54) is 18.2 Å². The van der Waals surface area contributed by atoms with Gasteiger partial charge in [-0.2, -0.15) is 0 Å². The van der Waals surface area contributed by atoms with Crippen molar-refractivity contribution in [1.82, 2.24) is 0 Å². The lowest BCUT2D eigenvalue weighted by atomic mass is 9.44. The molecule has 4 nitrogen and oxygen atoms in total. The summed E-state index contributed by atoms with van der Waals surface area (Å²) in [4.78, 5) is 24.6. The number of allylic oxidation sites excluding steroid dienone is 4. The van der Waals surface area contributed by atoms with Crippen molar-refractivity contribution in [2.45, 2.75) is 62.3 Å². The predicted octanol–water partition coefficient (Wildman–Crippen LogP) is 3.25. The first kappa shape index (κ1) is 21.3. The monoisotopic (exact) mass is 472 g/mol. The first-order valence-corrected chi connectivity index (χ1v) is 11.0. The van der Waals surface area contributed by atoms with E-state index in [-0.39, 0.29) is 36.0 Å². The molecule has 4 rings (SSSR count). The van der Waals surface area contributed by atoms with Crippen LogP contribution < -0.4 is 0 Å². The second-order valence-electron chi connectivity index (χ2n) is 9.79. The molecule has 7 heteroatoms. The van der Waals surface area contributed by atoms with Gasteiger partial charge in [-0.1, -0.05) is 35.9 Å². The number of aliphatic hydroxyl groups is 2. The van der Waals surface area contributed by atoms with Gasteiger partial charge < -0.3 is 10.2 Å². The molecule has 160 valence electrons. The molecule has 0 unspecified atom stereocenters. The minimum atomic E-state index is -2.15. The number of hydrogen-bond acceptors (Lipinski definition) is 4. The van der Waals surface area contributed by atoms with Crippen LogP contribution in [0, 0.1) is 28.6 Å². The summed E-state index contributed by atoms with van der Waals surface area (Å²) < 4.78 is 31.1. The summed E-state index contributed by atoms with van der Waals surface area (Å²) in [6.07, 6.45) is 1.25. The molecule has 0 aromatic heterocycles. The highest BCUT2D eigenvalue weighted by atomic mass is 79.9. The molecule has 4 aliphatic carbocycles. The molecule has 3 saturated carbocycles. The molecule has 0 radical (unpaired) electrons. The summed E-state index contributed by atoms with van der Waals surface area (Å²) in [5.74, 6) is -2.16. The Morgan fingerprint density at radius 1 is 1.31 bits per heavy atom. The molecule has 0 spiro atoms. The third kappa shape index (κ3) is 2.30. The summed E-state index contributed by atoms with van der Waals surface area (Å²) >= 11 is 3.59. The van der Waals surface area contributed by atoms with Crippen LogP contribution in [-0.4, -0.2) is 50.7 Å². The minimum absolute atomic E-state index is 0.00755. The van der Waals surface area contributed by atoms with Gasteiger partial charge in [-0.15, -0.1) is 0 Å². The Bertz CT molecular complexity index is 843. The fraction of sp³-hybridized carbons (Fsp3) is 0.727. The molecule has 0 aromatic rings. The molecule has 0 heterocycles. The quantitative estimate of drug-likeness (QED) is 0.604. The van der Waals surface area contributed by atoms with E-state index in [2.05, 4.69) is 15.9 Å². The van der Waals surface area contributed by atoms with Gasteiger partial charge in [-0.25, -0.2) is 8.78 Å². The summed E-state index contributed by atoms with van der Waals surface area (Å²) in [5.41, 5.74) is -4.32. The van der Waals surface area contributed by atoms with E-state index in [9.17, 15) is 19.8 Å². The average Bonchev–Trinajstić information content (AvgIpc) is 2.86. The van der Waals surface area contributed by atoms with Gasteiger partial charge >= 0.3 is 0 Å². The van der Waals surface area contributed by atoms with Crippen LogP contribution in [0.15, 0.2) is 23.8 Å². The van der Waals surface area contributed by atoms with Crippen LogP contribution in [0.25, 0.3) is 0 Å². The number of alkyl halides is 3. The summed E-state index contributed by atoms with van der Waals surface area (Å²) in [5, 5.41) is 20.7. The summed E-state index contributed by atoms with van der Waals surface area (Å²) in [6, 6.07) is 0. The van der Waals surface area contributed by atoms with Gasteiger partial charge in [-0.05, 0) is 61.2 Å². The normalized spacial score (nSPS) is 53.7. The first-order valence-electron chi connectivity index (χ1n) is 10.2. The van der Waals surface area contributed by atoms with Gasteiger partial charge in [0.15, 0.2) is 17.2 Å². The molecule has 4 aliphatic rings. The maximum absolute atomic E-state index is 16.9. The number of aliphatic hydroxyl groups excluding tert-OH is 2. The third-order valence-electron chi connectivity index (χ3n) is 8.69. The zero-order valence-electron chi connectivity index (χ0n) is 16.8. The van der Waals surface area contributed by atoms with Crippen molar-refractivity contribution in [2.24, 2.45) is 28.6 Å². The summed E-state index contributed by atoms with van der Waals surface area (Å²) in [7, 11) is 0. The Labute approximate surface area is 177 Å². The van der Waals surface area contributed by atoms with Crippen LogP contribution in [-0.2, 0) is 9.59 Å². The van der Waals surface area contributed by atoms with Crippen LogP contribution in [0.2, 0.25) is 0 Å². The smallest absolute Gasteiger partial charge is 0.178 e. The Morgan fingerprint density at radius 3 is 2.59 bits per heavy atom. The van der Waals surface area contributed by atoms with Crippen molar-refractivity contribution in [1.29, 1.82) is 0 Å². The molecule has 29 heavy (non-hydrogen) atoms. The molecule has 3 fully saturated rings. The van der Waals surface area contributed by atoms with Crippen LogP contribution in [0.3, 0.4) is 0 Å². The number of halogens is 3. The molecular formula is C22H27BrF2O4. The van der Waals surface area contributed by atoms with Crippen LogP contribution in [0.5, 0.6) is 0 Å². The lowest BCUT2D eigenvalue weighted by Crippen LogP contribution is -2.69. The van der Waals surface area contributed by atoms with E-state index in [1.807, 2.05) is 13.8 Å².